The zero-order chi connectivity index (χ0) is 31.9. The summed E-state index contributed by atoms with van der Waals surface area (Å²) in [6.45, 7) is 0.367. The van der Waals surface area contributed by atoms with Crippen LogP contribution in [0.2, 0.25) is 0 Å². The third kappa shape index (κ3) is 6.84. The van der Waals surface area contributed by atoms with Crippen LogP contribution in [-0.2, 0) is 32.5 Å². The smallest absolute Gasteiger partial charge is 0.353 e. The molecular formula is C31H32F7N7. The molecular weight excluding hydrogens is 603 g/mol. The van der Waals surface area contributed by atoms with Crippen LogP contribution in [-0.4, -0.2) is 37.8 Å². The Balaban J connectivity index is 1.43. The van der Waals surface area contributed by atoms with Gasteiger partial charge < -0.3 is 9.80 Å². The second-order valence-corrected chi connectivity index (χ2v) is 12.0. The minimum atomic E-state index is -4.99. The lowest BCUT2D eigenvalue weighted by Crippen LogP contribution is -2.38. The van der Waals surface area contributed by atoms with Gasteiger partial charge in [-0.15, -0.1) is 5.10 Å². The van der Waals surface area contributed by atoms with Crippen LogP contribution in [0.4, 0.5) is 42.5 Å². The van der Waals surface area contributed by atoms with Gasteiger partial charge in [0.15, 0.2) is 0 Å². The van der Waals surface area contributed by atoms with E-state index in [0.29, 0.717) is 40.3 Å². The van der Waals surface area contributed by atoms with Crippen LogP contribution in [0.15, 0.2) is 42.5 Å². The monoisotopic (exact) mass is 635 g/mol. The maximum absolute atomic E-state index is 14.3. The van der Waals surface area contributed by atoms with E-state index >= 15 is 0 Å². The highest BCUT2D eigenvalue weighted by Gasteiger charge is 2.38. The Morgan fingerprint density at radius 3 is 2.20 bits per heavy atom. The van der Waals surface area contributed by atoms with E-state index in [2.05, 4.69) is 20.3 Å². The van der Waals surface area contributed by atoms with Crippen LogP contribution in [0.5, 0.6) is 0 Å². The molecule has 6 rings (SSSR count). The first-order valence-electron chi connectivity index (χ1n) is 15.0. The lowest BCUT2D eigenvalue weighted by molar-refractivity contribution is -0.143. The summed E-state index contributed by atoms with van der Waals surface area (Å²) in [5, 5.41) is 12.8. The van der Waals surface area contributed by atoms with Crippen molar-refractivity contribution < 1.29 is 30.7 Å². The van der Waals surface area contributed by atoms with Gasteiger partial charge in [-0.2, -0.15) is 31.1 Å². The molecule has 0 radical (unpaired) electrons. The summed E-state index contributed by atoms with van der Waals surface area (Å²) in [7, 11) is 1.51. The summed E-state index contributed by atoms with van der Waals surface area (Å²) < 4.78 is 96.4. The van der Waals surface area contributed by atoms with Crippen LogP contribution in [0.25, 0.3) is 10.9 Å². The molecule has 0 N–H and O–H groups in total. The van der Waals surface area contributed by atoms with Gasteiger partial charge in [0, 0.05) is 42.7 Å². The van der Waals surface area contributed by atoms with Gasteiger partial charge in [-0.3, -0.25) is 0 Å². The largest absolute Gasteiger partial charge is 0.416 e. The third-order valence-corrected chi connectivity index (χ3v) is 8.76. The number of anilines is 2. The number of nitrogens with zero attached hydrogens (tertiary/aromatic N) is 7. The zero-order valence-electron chi connectivity index (χ0n) is 24.5. The molecule has 0 spiro atoms. The molecule has 14 heteroatoms. The highest BCUT2D eigenvalue weighted by atomic mass is 19.4. The molecule has 1 saturated heterocycles. The number of halogens is 7. The van der Waals surface area contributed by atoms with E-state index in [0.717, 1.165) is 49.9 Å². The van der Waals surface area contributed by atoms with Gasteiger partial charge in [0.1, 0.15) is 11.6 Å². The number of hydrogen-bond donors (Lipinski definition) is 0. The molecule has 3 heterocycles. The van der Waals surface area contributed by atoms with Crippen molar-refractivity contribution in [3.63, 3.8) is 0 Å². The number of rotatable bonds is 7. The number of aromatic nitrogens is 5. The number of benzene rings is 2. The van der Waals surface area contributed by atoms with Gasteiger partial charge in [0.2, 0.25) is 0 Å². The normalized spacial score (nSPS) is 18.2. The van der Waals surface area contributed by atoms with Crippen molar-refractivity contribution >= 4 is 22.7 Å². The van der Waals surface area contributed by atoms with Gasteiger partial charge in [-0.25, -0.2) is 9.37 Å². The van der Waals surface area contributed by atoms with Crippen LogP contribution >= 0.6 is 0 Å². The molecule has 1 unspecified atom stereocenters. The maximum Gasteiger partial charge on any atom is 0.416 e. The molecule has 1 aliphatic carbocycles. The Kier molecular flexibility index (Phi) is 8.33. The standard InChI is InChI=1S/C31H32F7N7/c1-43-41-29(40-42-43)44(17-19-12-23(30(33,34)35)15-24(13-19)31(36,37)38)18-22-14-21-9-10-25(32)16-26(21)39-28(22)45-11-5-8-27(45)20-6-3-2-4-7-20/h9-10,12-16,20,27H,2-8,11,17-18H2,1H3. The molecule has 0 amide bonds. The highest BCUT2D eigenvalue weighted by Crippen LogP contribution is 2.40. The molecule has 2 aliphatic rings. The number of fused-ring (bicyclic) bond motifs is 1. The van der Waals surface area contributed by atoms with E-state index in [4.69, 9.17) is 4.98 Å². The number of alkyl halides is 6. The Morgan fingerprint density at radius 2 is 1.56 bits per heavy atom. The summed E-state index contributed by atoms with van der Waals surface area (Å²) >= 11 is 0. The van der Waals surface area contributed by atoms with Crippen LogP contribution in [0, 0.1) is 11.7 Å². The van der Waals surface area contributed by atoms with Crippen molar-refractivity contribution in [2.24, 2.45) is 13.0 Å². The average molecular weight is 636 g/mol. The lowest BCUT2D eigenvalue weighted by atomic mass is 9.83. The molecule has 1 atom stereocenters. The maximum atomic E-state index is 14.3. The highest BCUT2D eigenvalue weighted by molar-refractivity contribution is 5.82. The van der Waals surface area contributed by atoms with Gasteiger partial charge in [0.05, 0.1) is 23.7 Å². The first kappa shape index (κ1) is 31.0. The van der Waals surface area contributed by atoms with Crippen molar-refractivity contribution in [1.82, 2.24) is 25.2 Å². The fourth-order valence-electron chi connectivity index (χ4n) is 6.74. The minimum Gasteiger partial charge on any atom is -0.353 e. The number of tetrazole rings is 1. The van der Waals surface area contributed by atoms with E-state index in [1.807, 2.05) is 6.07 Å². The summed E-state index contributed by atoms with van der Waals surface area (Å²) in [4.78, 5) is 9.82. The van der Waals surface area contributed by atoms with E-state index in [-0.39, 0.29) is 36.7 Å². The van der Waals surface area contributed by atoms with Gasteiger partial charge in [0.25, 0.3) is 5.95 Å². The first-order valence-corrected chi connectivity index (χ1v) is 15.0. The van der Waals surface area contributed by atoms with E-state index in [1.54, 1.807) is 6.07 Å². The van der Waals surface area contributed by atoms with E-state index in [9.17, 15) is 30.7 Å². The van der Waals surface area contributed by atoms with Crippen LogP contribution in [0.3, 0.4) is 0 Å². The fraction of sp³-hybridized carbons (Fsp3) is 0.484. The topological polar surface area (TPSA) is 63.0 Å². The lowest BCUT2D eigenvalue weighted by Gasteiger charge is -2.36. The van der Waals surface area contributed by atoms with Gasteiger partial charge in [-0.1, -0.05) is 24.4 Å². The quantitative estimate of drug-likeness (QED) is 0.194. The van der Waals surface area contributed by atoms with Crippen molar-refractivity contribution in [1.29, 1.82) is 0 Å². The summed E-state index contributed by atoms with van der Waals surface area (Å²) in [5.41, 5.74) is -1.89. The van der Waals surface area contributed by atoms with Crippen LogP contribution in [0.1, 0.15) is 67.2 Å². The zero-order valence-corrected chi connectivity index (χ0v) is 24.5. The first-order chi connectivity index (χ1) is 21.3. The molecule has 1 saturated carbocycles. The molecule has 2 aromatic carbocycles. The number of hydrogen-bond acceptors (Lipinski definition) is 6. The van der Waals surface area contributed by atoms with E-state index < -0.39 is 29.3 Å². The minimum absolute atomic E-state index is 0.00677. The molecule has 2 fully saturated rings. The predicted molar refractivity (Wildman–Crippen MR) is 154 cm³/mol. The van der Waals surface area contributed by atoms with Gasteiger partial charge in [-0.05, 0) is 78.8 Å². The molecule has 0 bridgehead atoms. The Hall–Kier alpha value is -3.97. The van der Waals surface area contributed by atoms with Crippen molar-refractivity contribution in [2.45, 2.75) is 76.4 Å². The summed E-state index contributed by atoms with van der Waals surface area (Å²) in [6, 6.07) is 7.88. The molecule has 2 aromatic heterocycles. The summed E-state index contributed by atoms with van der Waals surface area (Å²) in [6.07, 6.45) is -2.33. The molecule has 4 aromatic rings. The molecule has 1 aliphatic heterocycles. The Bertz CT molecular complexity index is 1630. The SMILES string of the molecule is Cn1nnc(N(Cc2cc(C(F)(F)F)cc(C(F)(F)F)c2)Cc2cc3ccc(F)cc3nc2N2CCCC2C2CCCCC2)n1. The number of aryl methyl sites for hydroxylation is 1. The fourth-order valence-corrected chi connectivity index (χ4v) is 6.74. The predicted octanol–water partition coefficient (Wildman–Crippen LogP) is 7.69. The molecule has 45 heavy (non-hydrogen) atoms. The molecule has 240 valence electrons. The van der Waals surface area contributed by atoms with Crippen molar-refractivity contribution in [3.05, 3.63) is 70.5 Å². The second-order valence-electron chi connectivity index (χ2n) is 12.0. The second kappa shape index (κ2) is 12.1. The average Bonchev–Trinajstić information content (AvgIpc) is 3.65. The molecule has 7 nitrogen and oxygen atoms in total. The van der Waals surface area contributed by atoms with Crippen molar-refractivity contribution in [2.75, 3.05) is 16.3 Å². The van der Waals surface area contributed by atoms with Crippen LogP contribution < -0.4 is 9.80 Å². The Morgan fingerprint density at radius 1 is 0.844 bits per heavy atom. The third-order valence-electron chi connectivity index (χ3n) is 8.76. The van der Waals surface area contributed by atoms with E-state index in [1.165, 1.54) is 30.5 Å². The number of pyridine rings is 1. The van der Waals surface area contributed by atoms with Gasteiger partial charge >= 0.3 is 12.4 Å². The Labute approximate surface area is 255 Å². The van der Waals surface area contributed by atoms with Crippen molar-refractivity contribution in [3.8, 4) is 0 Å². The summed E-state index contributed by atoms with van der Waals surface area (Å²) in [5.74, 6) is 0.686.